The topological polar surface area (TPSA) is 103 Å². The summed E-state index contributed by atoms with van der Waals surface area (Å²) in [7, 11) is 1.48. The second kappa shape index (κ2) is 6.10. The number of hydrogen-bond acceptors (Lipinski definition) is 5. The molecule has 0 bridgehead atoms. The van der Waals surface area contributed by atoms with Crippen molar-refractivity contribution in [3.8, 4) is 29.0 Å². The van der Waals surface area contributed by atoms with Crippen molar-refractivity contribution in [2.24, 2.45) is 0 Å². The first kappa shape index (κ1) is 16.2. The number of aryl methyl sites for hydroxylation is 2. The summed E-state index contributed by atoms with van der Waals surface area (Å²) >= 11 is 0. The Kier molecular flexibility index (Phi) is 3.96. The minimum atomic E-state index is -0.328. The molecule has 0 aliphatic rings. The molecule has 1 N–H and O–H groups in total. The number of hydrogen-bond donors (Lipinski definition) is 1. The second-order valence-electron chi connectivity index (χ2n) is 5.61. The molecular formula is C19H14N4O2. The first-order chi connectivity index (χ1) is 12.0. The van der Waals surface area contributed by atoms with E-state index < -0.39 is 0 Å². The van der Waals surface area contributed by atoms with Crippen LogP contribution in [-0.2, 0) is 0 Å². The van der Waals surface area contributed by atoms with E-state index in [0.717, 1.165) is 5.56 Å². The highest BCUT2D eigenvalue weighted by Gasteiger charge is 2.21. The van der Waals surface area contributed by atoms with E-state index in [2.05, 4.69) is 22.1 Å². The van der Waals surface area contributed by atoms with Gasteiger partial charge in [0.2, 0.25) is 0 Å². The lowest BCUT2D eigenvalue weighted by atomic mass is 9.93. The summed E-state index contributed by atoms with van der Waals surface area (Å²) in [6, 6.07) is 9.10. The molecule has 0 radical (unpaired) electrons. The number of H-pyrrole nitrogens is 1. The van der Waals surface area contributed by atoms with Crippen LogP contribution in [0.5, 0.6) is 5.75 Å². The molecule has 122 valence electrons. The van der Waals surface area contributed by atoms with Crippen LogP contribution in [0.4, 0.5) is 0 Å². The molecule has 0 amide bonds. The molecule has 2 aromatic heterocycles. The smallest absolute Gasteiger partial charge is 0.258 e. The highest BCUT2D eigenvalue weighted by atomic mass is 16.5. The van der Waals surface area contributed by atoms with Crippen LogP contribution in [0.3, 0.4) is 0 Å². The Morgan fingerprint density at radius 3 is 2.60 bits per heavy atom. The van der Waals surface area contributed by atoms with Gasteiger partial charge in [0.25, 0.3) is 5.56 Å². The van der Waals surface area contributed by atoms with E-state index in [1.54, 1.807) is 31.3 Å². The number of methoxy groups -OCH3 is 1. The Morgan fingerprint density at radius 2 is 1.96 bits per heavy atom. The SMILES string of the molecule is COc1cc(C#N)ccc1-c1c(C#N)c(C)nc2c(C)c[nH]c(=O)c12. The predicted molar refractivity (Wildman–Crippen MR) is 93.3 cm³/mol. The number of nitriles is 2. The molecule has 0 aliphatic heterocycles. The average Bonchev–Trinajstić information content (AvgIpc) is 2.63. The minimum absolute atomic E-state index is 0.312. The summed E-state index contributed by atoms with van der Waals surface area (Å²) in [6.45, 7) is 3.58. The molecule has 0 spiro atoms. The van der Waals surface area contributed by atoms with Crippen molar-refractivity contribution in [3.05, 3.63) is 57.1 Å². The number of fused-ring (bicyclic) bond motifs is 1. The van der Waals surface area contributed by atoms with Crippen molar-refractivity contribution in [1.82, 2.24) is 9.97 Å². The van der Waals surface area contributed by atoms with Gasteiger partial charge in [-0.25, -0.2) is 0 Å². The Morgan fingerprint density at radius 1 is 1.20 bits per heavy atom. The van der Waals surface area contributed by atoms with Crippen molar-refractivity contribution < 1.29 is 4.74 Å². The quantitative estimate of drug-likeness (QED) is 0.778. The van der Waals surface area contributed by atoms with E-state index in [4.69, 9.17) is 10.00 Å². The highest BCUT2D eigenvalue weighted by molar-refractivity contribution is 5.99. The van der Waals surface area contributed by atoms with Gasteiger partial charge in [-0.3, -0.25) is 9.78 Å². The molecule has 6 heteroatoms. The third-order valence-corrected chi connectivity index (χ3v) is 4.11. The summed E-state index contributed by atoms with van der Waals surface area (Å²) < 4.78 is 5.41. The van der Waals surface area contributed by atoms with Gasteiger partial charge in [0.05, 0.1) is 40.9 Å². The molecule has 3 rings (SSSR count). The molecular weight excluding hydrogens is 316 g/mol. The number of nitrogens with one attached hydrogen (secondary N) is 1. The minimum Gasteiger partial charge on any atom is -0.496 e. The summed E-state index contributed by atoms with van der Waals surface area (Å²) in [4.78, 5) is 19.7. The molecule has 1 aromatic carbocycles. The first-order valence-electron chi connectivity index (χ1n) is 7.53. The van der Waals surface area contributed by atoms with Crippen LogP contribution in [0.25, 0.3) is 22.0 Å². The van der Waals surface area contributed by atoms with E-state index in [1.165, 1.54) is 7.11 Å². The zero-order valence-electron chi connectivity index (χ0n) is 14.0. The molecule has 0 unspecified atom stereocenters. The molecule has 3 aromatic rings. The van der Waals surface area contributed by atoms with Crippen LogP contribution in [-0.4, -0.2) is 17.1 Å². The number of aromatic nitrogens is 2. The van der Waals surface area contributed by atoms with Crippen molar-refractivity contribution >= 4 is 10.9 Å². The summed E-state index contributed by atoms with van der Waals surface area (Å²) in [5.41, 5.74) is 3.33. The monoisotopic (exact) mass is 330 g/mol. The Hall–Kier alpha value is -3.64. The maximum Gasteiger partial charge on any atom is 0.258 e. The van der Waals surface area contributed by atoms with Crippen molar-refractivity contribution in [2.75, 3.05) is 7.11 Å². The van der Waals surface area contributed by atoms with Gasteiger partial charge in [-0.05, 0) is 37.6 Å². The van der Waals surface area contributed by atoms with Gasteiger partial charge < -0.3 is 9.72 Å². The van der Waals surface area contributed by atoms with Gasteiger partial charge in [0.15, 0.2) is 0 Å². The molecule has 0 saturated heterocycles. The third kappa shape index (κ3) is 2.50. The lowest BCUT2D eigenvalue weighted by molar-refractivity contribution is 0.416. The van der Waals surface area contributed by atoms with Crippen LogP contribution < -0.4 is 10.3 Å². The van der Waals surface area contributed by atoms with E-state index in [9.17, 15) is 10.1 Å². The van der Waals surface area contributed by atoms with Crippen LogP contribution >= 0.6 is 0 Å². The zero-order chi connectivity index (χ0) is 18.1. The predicted octanol–water partition coefficient (Wildman–Crippen LogP) is 2.96. The van der Waals surface area contributed by atoms with Gasteiger partial charge in [-0.15, -0.1) is 0 Å². The fourth-order valence-corrected chi connectivity index (χ4v) is 2.90. The third-order valence-electron chi connectivity index (χ3n) is 4.11. The number of ether oxygens (including phenoxy) is 1. The largest absolute Gasteiger partial charge is 0.496 e. The Balaban J connectivity index is 2.57. The van der Waals surface area contributed by atoms with E-state index in [0.29, 0.717) is 44.6 Å². The standard InChI is InChI=1S/C19H14N4O2/c1-10-9-22-19(24)17-16(14(8-21)11(2)23-18(10)17)13-5-4-12(7-20)6-15(13)25-3/h4-6,9H,1-3H3,(H,22,24). The second-order valence-corrected chi connectivity index (χ2v) is 5.61. The van der Waals surface area contributed by atoms with Crippen LogP contribution in [0.15, 0.2) is 29.2 Å². The summed E-state index contributed by atoms with van der Waals surface area (Å²) in [6.07, 6.45) is 1.60. The molecule has 0 fully saturated rings. The molecule has 25 heavy (non-hydrogen) atoms. The van der Waals surface area contributed by atoms with Crippen molar-refractivity contribution in [3.63, 3.8) is 0 Å². The summed E-state index contributed by atoms with van der Waals surface area (Å²) in [5, 5.41) is 19.1. The van der Waals surface area contributed by atoms with Crippen LogP contribution in [0, 0.1) is 36.5 Å². The molecule has 0 saturated carbocycles. The summed E-state index contributed by atoms with van der Waals surface area (Å²) in [5.74, 6) is 0.420. The lowest BCUT2D eigenvalue weighted by Crippen LogP contribution is -2.11. The van der Waals surface area contributed by atoms with Gasteiger partial charge >= 0.3 is 0 Å². The van der Waals surface area contributed by atoms with Crippen LogP contribution in [0.2, 0.25) is 0 Å². The molecule has 0 aliphatic carbocycles. The lowest BCUT2D eigenvalue weighted by Gasteiger charge is -2.15. The van der Waals surface area contributed by atoms with E-state index >= 15 is 0 Å². The average molecular weight is 330 g/mol. The first-order valence-corrected chi connectivity index (χ1v) is 7.53. The van der Waals surface area contributed by atoms with Crippen LogP contribution in [0.1, 0.15) is 22.4 Å². The number of pyridine rings is 2. The number of nitrogens with zero attached hydrogens (tertiary/aromatic N) is 3. The molecule has 0 atom stereocenters. The normalized spacial score (nSPS) is 10.3. The van der Waals surface area contributed by atoms with E-state index in [1.807, 2.05) is 6.92 Å². The van der Waals surface area contributed by atoms with E-state index in [-0.39, 0.29) is 5.56 Å². The number of aromatic amines is 1. The van der Waals surface area contributed by atoms with Gasteiger partial charge in [-0.1, -0.05) is 0 Å². The van der Waals surface area contributed by atoms with Gasteiger partial charge in [0, 0.05) is 17.3 Å². The zero-order valence-corrected chi connectivity index (χ0v) is 14.0. The number of benzene rings is 1. The molecule has 2 heterocycles. The Labute approximate surface area is 143 Å². The maximum atomic E-state index is 12.5. The fraction of sp³-hybridized carbons (Fsp3) is 0.158. The van der Waals surface area contributed by atoms with Gasteiger partial charge in [-0.2, -0.15) is 10.5 Å². The highest BCUT2D eigenvalue weighted by Crippen LogP contribution is 2.37. The maximum absolute atomic E-state index is 12.5. The van der Waals surface area contributed by atoms with Gasteiger partial charge in [0.1, 0.15) is 11.8 Å². The number of rotatable bonds is 2. The van der Waals surface area contributed by atoms with Crippen molar-refractivity contribution in [1.29, 1.82) is 10.5 Å². The molecule has 6 nitrogen and oxygen atoms in total. The fourth-order valence-electron chi connectivity index (χ4n) is 2.90. The van der Waals surface area contributed by atoms with Crippen molar-refractivity contribution in [2.45, 2.75) is 13.8 Å². The Bertz CT molecular complexity index is 1150.